The molecule has 102 valence electrons. The molecule has 0 radical (unpaired) electrons. The molecule has 0 aliphatic heterocycles. The van der Waals surface area contributed by atoms with E-state index in [1.165, 1.54) is 44.9 Å². The fourth-order valence-corrected chi connectivity index (χ4v) is 1.94. The zero-order valence-corrected chi connectivity index (χ0v) is 14.4. The normalized spacial score (nSPS) is 11.9. The molecule has 0 aliphatic carbocycles. The summed E-state index contributed by atoms with van der Waals surface area (Å²) in [6.07, 6.45) is 11.2. The van der Waals surface area contributed by atoms with Gasteiger partial charge in [0.1, 0.15) is 0 Å². The number of ketones is 1. The number of unbranched alkanes of at least 4 members (excludes halogenated alkanes) is 8. The van der Waals surface area contributed by atoms with Crippen molar-refractivity contribution in [1.82, 2.24) is 0 Å². The second-order valence-corrected chi connectivity index (χ2v) is 4.85. The van der Waals surface area contributed by atoms with Crippen LogP contribution in [0, 0.1) is 6.92 Å². The molecule has 0 heterocycles. The Morgan fingerprint density at radius 2 is 1.44 bits per heavy atom. The van der Waals surface area contributed by atoms with Crippen LogP contribution in [0.3, 0.4) is 0 Å². The number of carbonyl (C=O) groups is 1. The van der Waals surface area contributed by atoms with Gasteiger partial charge in [0, 0.05) is 6.42 Å². The monoisotopic (exact) mass is 264 g/mol. The van der Waals surface area contributed by atoms with Crippen molar-refractivity contribution in [2.75, 3.05) is 0 Å². The van der Waals surface area contributed by atoms with Crippen LogP contribution >= 0.6 is 0 Å². The number of rotatable bonds is 12. The first-order valence-electron chi connectivity index (χ1n) is 7.22. The van der Waals surface area contributed by atoms with Gasteiger partial charge >= 0.3 is 29.6 Å². The molecule has 1 N–H and O–H groups in total. The molecule has 0 saturated carbocycles. The number of hydrogen-bond acceptors (Lipinski definition) is 2. The van der Waals surface area contributed by atoms with E-state index in [2.05, 4.69) is 13.8 Å². The predicted octanol–water partition coefficient (Wildman–Crippen LogP) is 1.07. The van der Waals surface area contributed by atoms with Gasteiger partial charge in [-0.05, 0) is 6.42 Å². The summed E-state index contributed by atoms with van der Waals surface area (Å²) in [5.41, 5.74) is 0. The van der Waals surface area contributed by atoms with E-state index in [1.807, 2.05) is 0 Å². The Kier molecular flexibility index (Phi) is 18.2. The molecule has 0 aromatic heterocycles. The Morgan fingerprint density at radius 1 is 1.00 bits per heavy atom. The SMILES string of the molecule is [CH2-]CC(O)C(=O)CCCCCCCCCCC.[Na+]. The summed E-state index contributed by atoms with van der Waals surface area (Å²) in [6, 6.07) is 0. The third kappa shape index (κ3) is 13.1. The quantitative estimate of drug-likeness (QED) is 0.325. The van der Waals surface area contributed by atoms with Gasteiger partial charge < -0.3 is 12.0 Å². The van der Waals surface area contributed by atoms with Crippen LogP contribution in [0.2, 0.25) is 0 Å². The Bertz CT molecular complexity index is 183. The van der Waals surface area contributed by atoms with Crippen LogP contribution in [0.5, 0.6) is 0 Å². The molecule has 0 aromatic rings. The van der Waals surface area contributed by atoms with E-state index < -0.39 is 6.10 Å². The molecule has 1 atom stereocenters. The Morgan fingerprint density at radius 3 is 1.89 bits per heavy atom. The average molecular weight is 264 g/mol. The van der Waals surface area contributed by atoms with Crippen molar-refractivity contribution in [2.24, 2.45) is 0 Å². The molecule has 0 amide bonds. The minimum atomic E-state index is -0.830. The molecular formula is C15H29NaO2. The standard InChI is InChI=1S/C15H29O2.Na/c1-3-5-6-7-8-9-10-11-12-13-15(17)14(16)4-2;/h14,16H,2-13H2,1H3;/q-1;+1. The number of hydrogen-bond donors (Lipinski definition) is 1. The van der Waals surface area contributed by atoms with Gasteiger partial charge in [-0.2, -0.15) is 0 Å². The molecular weight excluding hydrogens is 235 g/mol. The van der Waals surface area contributed by atoms with E-state index >= 15 is 0 Å². The average Bonchev–Trinajstić information content (AvgIpc) is 2.35. The van der Waals surface area contributed by atoms with Gasteiger partial charge in [-0.3, -0.25) is 4.79 Å². The number of aliphatic hydroxyl groups is 1. The Balaban J connectivity index is 0. The maximum absolute atomic E-state index is 11.3. The van der Waals surface area contributed by atoms with E-state index in [1.54, 1.807) is 0 Å². The third-order valence-corrected chi connectivity index (χ3v) is 3.17. The maximum atomic E-state index is 11.3. The Labute approximate surface area is 135 Å². The minimum Gasteiger partial charge on any atom is -0.388 e. The number of aliphatic hydroxyl groups excluding tert-OH is 1. The summed E-state index contributed by atoms with van der Waals surface area (Å²) in [5, 5.41) is 9.24. The third-order valence-electron chi connectivity index (χ3n) is 3.17. The molecule has 0 bridgehead atoms. The Hall–Kier alpha value is 0.630. The second-order valence-electron chi connectivity index (χ2n) is 4.85. The summed E-state index contributed by atoms with van der Waals surface area (Å²) in [6.45, 7) is 5.76. The molecule has 0 aromatic carbocycles. The van der Waals surface area contributed by atoms with Gasteiger partial charge in [0.25, 0.3) is 0 Å². The van der Waals surface area contributed by atoms with Crippen molar-refractivity contribution >= 4 is 5.78 Å². The summed E-state index contributed by atoms with van der Waals surface area (Å²) in [7, 11) is 0. The van der Waals surface area contributed by atoms with Gasteiger partial charge in [-0.15, -0.1) is 6.42 Å². The van der Waals surface area contributed by atoms with Crippen LogP contribution in [-0.2, 0) is 4.79 Å². The molecule has 0 fully saturated rings. The van der Waals surface area contributed by atoms with Crippen LogP contribution in [0.25, 0.3) is 0 Å². The van der Waals surface area contributed by atoms with Crippen LogP contribution in [0.4, 0.5) is 0 Å². The topological polar surface area (TPSA) is 37.3 Å². The van der Waals surface area contributed by atoms with Gasteiger partial charge in [-0.1, -0.05) is 58.3 Å². The van der Waals surface area contributed by atoms with Crippen LogP contribution < -0.4 is 29.6 Å². The van der Waals surface area contributed by atoms with Gasteiger partial charge in [0.05, 0.1) is 6.10 Å². The van der Waals surface area contributed by atoms with E-state index in [9.17, 15) is 9.90 Å². The van der Waals surface area contributed by atoms with Crippen molar-refractivity contribution in [3.05, 3.63) is 6.92 Å². The first-order valence-corrected chi connectivity index (χ1v) is 7.22. The zero-order chi connectivity index (χ0) is 12.9. The van der Waals surface area contributed by atoms with Crippen molar-refractivity contribution in [1.29, 1.82) is 0 Å². The van der Waals surface area contributed by atoms with Crippen LogP contribution in [0.1, 0.15) is 77.6 Å². The first kappa shape index (κ1) is 20.9. The first-order chi connectivity index (χ1) is 8.22. The molecule has 0 spiro atoms. The smallest absolute Gasteiger partial charge is 0.388 e. The van der Waals surface area contributed by atoms with E-state index in [4.69, 9.17) is 0 Å². The summed E-state index contributed by atoms with van der Waals surface area (Å²) < 4.78 is 0. The van der Waals surface area contributed by atoms with Gasteiger partial charge in [0.2, 0.25) is 0 Å². The number of carbonyl (C=O) groups excluding carboxylic acids is 1. The molecule has 18 heavy (non-hydrogen) atoms. The van der Waals surface area contributed by atoms with E-state index in [-0.39, 0.29) is 35.3 Å². The summed E-state index contributed by atoms with van der Waals surface area (Å²) in [4.78, 5) is 11.3. The van der Waals surface area contributed by atoms with Crippen molar-refractivity contribution in [3.8, 4) is 0 Å². The molecule has 0 rings (SSSR count). The summed E-state index contributed by atoms with van der Waals surface area (Å²) in [5.74, 6) is -0.0389. The zero-order valence-electron chi connectivity index (χ0n) is 12.4. The van der Waals surface area contributed by atoms with Crippen molar-refractivity contribution in [3.63, 3.8) is 0 Å². The molecule has 0 aliphatic rings. The molecule has 2 nitrogen and oxygen atoms in total. The summed E-state index contributed by atoms with van der Waals surface area (Å²) >= 11 is 0. The van der Waals surface area contributed by atoms with Crippen molar-refractivity contribution < 1.29 is 39.5 Å². The van der Waals surface area contributed by atoms with Crippen LogP contribution in [-0.4, -0.2) is 17.0 Å². The molecule has 1 unspecified atom stereocenters. The maximum Gasteiger partial charge on any atom is 1.00 e. The predicted molar refractivity (Wildman–Crippen MR) is 72.8 cm³/mol. The number of Topliss-reactive ketones (excluding diaryl/α,β-unsaturated/α-hetero) is 1. The minimum absolute atomic E-state index is 0. The fourth-order valence-electron chi connectivity index (χ4n) is 1.94. The molecule has 0 saturated heterocycles. The van der Waals surface area contributed by atoms with E-state index in [0.717, 1.165) is 12.8 Å². The van der Waals surface area contributed by atoms with E-state index in [0.29, 0.717) is 12.8 Å². The van der Waals surface area contributed by atoms with Crippen LogP contribution in [0.15, 0.2) is 0 Å². The second kappa shape index (κ2) is 15.7. The van der Waals surface area contributed by atoms with Gasteiger partial charge in [-0.25, -0.2) is 0 Å². The van der Waals surface area contributed by atoms with Crippen molar-refractivity contribution in [2.45, 2.75) is 83.7 Å². The largest absolute Gasteiger partial charge is 1.00 e. The fraction of sp³-hybridized carbons (Fsp3) is 0.867. The molecule has 3 heteroatoms. The van der Waals surface area contributed by atoms with Gasteiger partial charge in [0.15, 0.2) is 5.78 Å².